The normalized spacial score (nSPS) is 13.2. The number of carbonyl (C=O) groups excluding carboxylic acids is 1. The smallest absolute Gasteiger partial charge is 0.319 e. The molecule has 0 saturated carbocycles. The monoisotopic (exact) mass is 356 g/mol. The van der Waals surface area contributed by atoms with Gasteiger partial charge in [-0.25, -0.2) is 4.79 Å². The zero-order valence-corrected chi connectivity index (χ0v) is 14.9. The molecule has 0 spiro atoms. The largest absolute Gasteiger partial charge is 0.497 e. The van der Waals surface area contributed by atoms with E-state index in [0.29, 0.717) is 11.4 Å². The van der Waals surface area contributed by atoms with E-state index in [1.165, 1.54) is 11.3 Å². The summed E-state index contributed by atoms with van der Waals surface area (Å²) in [4.78, 5) is 12.9. The first-order valence-electron chi connectivity index (χ1n) is 7.88. The van der Waals surface area contributed by atoms with Gasteiger partial charge < -0.3 is 20.5 Å². The number of benzene rings is 2. The van der Waals surface area contributed by atoms with Gasteiger partial charge in [-0.1, -0.05) is 24.3 Å². The molecule has 1 heterocycles. The summed E-state index contributed by atoms with van der Waals surface area (Å²) < 4.78 is 6.24. The topological polar surface area (TPSA) is 70.6 Å². The Morgan fingerprint density at radius 3 is 2.76 bits per heavy atom. The quantitative estimate of drug-likeness (QED) is 0.648. The van der Waals surface area contributed by atoms with Crippen LogP contribution in [0, 0.1) is 0 Å². The maximum atomic E-state index is 12.1. The molecule has 6 heteroatoms. The number of thiophene rings is 1. The Balaban J connectivity index is 1.63. The highest BCUT2D eigenvalue weighted by Crippen LogP contribution is 2.32. The lowest BCUT2D eigenvalue weighted by Crippen LogP contribution is -2.40. The van der Waals surface area contributed by atoms with E-state index >= 15 is 0 Å². The maximum absolute atomic E-state index is 12.1. The number of ether oxygens (including phenoxy) is 1. The summed E-state index contributed by atoms with van der Waals surface area (Å²) in [5.74, 6) is 0.662. The molecule has 0 saturated heterocycles. The molecule has 3 rings (SSSR count). The second kappa shape index (κ2) is 7.13. The van der Waals surface area contributed by atoms with Crippen molar-refractivity contribution in [1.29, 1.82) is 0 Å². The second-order valence-corrected chi connectivity index (χ2v) is 7.05. The molecule has 2 aromatic carbocycles. The van der Waals surface area contributed by atoms with E-state index in [9.17, 15) is 9.90 Å². The summed E-state index contributed by atoms with van der Waals surface area (Å²) in [6.45, 7) is 1.80. The maximum Gasteiger partial charge on any atom is 0.319 e. The van der Waals surface area contributed by atoms with Gasteiger partial charge in [0.2, 0.25) is 0 Å². The van der Waals surface area contributed by atoms with Crippen molar-refractivity contribution in [1.82, 2.24) is 5.32 Å². The van der Waals surface area contributed by atoms with Crippen molar-refractivity contribution in [3.8, 4) is 5.75 Å². The minimum atomic E-state index is -1.14. The van der Waals surface area contributed by atoms with Crippen molar-refractivity contribution in [2.75, 3.05) is 19.0 Å². The van der Waals surface area contributed by atoms with E-state index in [-0.39, 0.29) is 12.6 Å². The first kappa shape index (κ1) is 17.3. The van der Waals surface area contributed by atoms with Gasteiger partial charge in [-0.05, 0) is 36.6 Å². The highest BCUT2D eigenvalue weighted by molar-refractivity contribution is 7.19. The Morgan fingerprint density at radius 2 is 2.00 bits per heavy atom. The molecular weight excluding hydrogens is 336 g/mol. The summed E-state index contributed by atoms with van der Waals surface area (Å²) in [5, 5.41) is 17.3. The molecule has 0 aliphatic rings. The van der Waals surface area contributed by atoms with Crippen molar-refractivity contribution in [3.05, 3.63) is 59.5 Å². The Bertz CT molecular complexity index is 856. The highest BCUT2D eigenvalue weighted by Gasteiger charge is 2.26. The molecule has 3 N–H and O–H groups in total. The number of rotatable bonds is 5. The molecule has 25 heavy (non-hydrogen) atoms. The van der Waals surface area contributed by atoms with Gasteiger partial charge in [-0.2, -0.15) is 0 Å². The number of carbonyl (C=O) groups is 1. The van der Waals surface area contributed by atoms with Crippen LogP contribution in [0.4, 0.5) is 10.5 Å². The van der Waals surface area contributed by atoms with E-state index in [1.54, 1.807) is 38.3 Å². The average molecular weight is 356 g/mol. The molecular formula is C19H20N2O3S. The lowest BCUT2D eigenvalue weighted by Gasteiger charge is -2.22. The first-order valence-corrected chi connectivity index (χ1v) is 8.70. The minimum absolute atomic E-state index is 0.107. The van der Waals surface area contributed by atoms with Crippen molar-refractivity contribution in [3.63, 3.8) is 0 Å². The van der Waals surface area contributed by atoms with Crippen LogP contribution in [0.2, 0.25) is 0 Å². The van der Waals surface area contributed by atoms with E-state index in [1.807, 2.05) is 30.3 Å². The number of anilines is 1. The summed E-state index contributed by atoms with van der Waals surface area (Å²) in [7, 11) is 1.57. The van der Waals surface area contributed by atoms with Crippen molar-refractivity contribution in [2.24, 2.45) is 0 Å². The molecule has 5 nitrogen and oxygen atoms in total. The van der Waals surface area contributed by atoms with Crippen molar-refractivity contribution >= 4 is 33.1 Å². The van der Waals surface area contributed by atoms with Crippen LogP contribution in [0.25, 0.3) is 10.1 Å². The van der Waals surface area contributed by atoms with E-state index in [4.69, 9.17) is 4.74 Å². The number of hydrogen-bond acceptors (Lipinski definition) is 4. The third-order valence-corrected chi connectivity index (χ3v) is 5.25. The van der Waals surface area contributed by atoms with Crippen LogP contribution in [-0.2, 0) is 5.60 Å². The number of aliphatic hydroxyl groups is 1. The van der Waals surface area contributed by atoms with Crippen LogP contribution in [0.5, 0.6) is 5.75 Å². The Hall–Kier alpha value is -2.57. The number of methoxy groups -OCH3 is 1. The standard InChI is InChI=1S/C19H20N2O3S/c1-19(23,17-10-13-6-3-4-9-16(13)25-17)12-20-18(22)21-14-7-5-8-15(11-14)24-2/h3-11,23H,12H2,1-2H3,(H2,20,21,22). The molecule has 0 aliphatic carbocycles. The molecule has 0 radical (unpaired) electrons. The molecule has 1 atom stereocenters. The third-order valence-electron chi connectivity index (χ3n) is 3.88. The Labute approximate surface area is 150 Å². The molecule has 2 amide bonds. The van der Waals surface area contributed by atoms with Crippen LogP contribution in [0.15, 0.2) is 54.6 Å². The minimum Gasteiger partial charge on any atom is -0.497 e. The van der Waals surface area contributed by atoms with Crippen LogP contribution >= 0.6 is 11.3 Å². The fourth-order valence-electron chi connectivity index (χ4n) is 2.46. The van der Waals surface area contributed by atoms with E-state index in [0.717, 1.165) is 15.0 Å². The Kier molecular flexibility index (Phi) is 4.92. The van der Waals surface area contributed by atoms with E-state index < -0.39 is 5.60 Å². The van der Waals surface area contributed by atoms with Crippen LogP contribution in [-0.4, -0.2) is 24.8 Å². The molecule has 3 aromatic rings. The molecule has 0 aliphatic heterocycles. The summed E-state index contributed by atoms with van der Waals surface area (Å²) in [6.07, 6.45) is 0. The van der Waals surface area contributed by atoms with Crippen LogP contribution < -0.4 is 15.4 Å². The molecule has 130 valence electrons. The van der Waals surface area contributed by atoms with E-state index in [2.05, 4.69) is 10.6 Å². The number of urea groups is 1. The van der Waals surface area contributed by atoms with Gasteiger partial charge in [0.05, 0.1) is 13.7 Å². The predicted molar refractivity (Wildman–Crippen MR) is 101 cm³/mol. The first-order chi connectivity index (χ1) is 12.0. The average Bonchev–Trinajstić information content (AvgIpc) is 3.05. The van der Waals surface area contributed by atoms with Crippen molar-refractivity contribution in [2.45, 2.75) is 12.5 Å². The van der Waals surface area contributed by atoms with Gasteiger partial charge in [-0.3, -0.25) is 0 Å². The summed E-state index contributed by atoms with van der Waals surface area (Å²) in [5.41, 5.74) is -0.520. The Morgan fingerprint density at radius 1 is 1.20 bits per heavy atom. The lowest BCUT2D eigenvalue weighted by molar-refractivity contribution is 0.0638. The molecule has 1 aromatic heterocycles. The van der Waals surface area contributed by atoms with Gasteiger partial charge in [-0.15, -0.1) is 11.3 Å². The highest BCUT2D eigenvalue weighted by atomic mass is 32.1. The number of amides is 2. The van der Waals surface area contributed by atoms with Gasteiger partial charge in [0, 0.05) is 21.3 Å². The fraction of sp³-hybridized carbons (Fsp3) is 0.211. The predicted octanol–water partition coefficient (Wildman–Crippen LogP) is 3.94. The fourth-order valence-corrected chi connectivity index (χ4v) is 3.57. The zero-order valence-electron chi connectivity index (χ0n) is 14.1. The molecule has 1 unspecified atom stereocenters. The zero-order chi connectivity index (χ0) is 17.9. The molecule has 0 bridgehead atoms. The van der Waals surface area contributed by atoms with Gasteiger partial charge >= 0.3 is 6.03 Å². The van der Waals surface area contributed by atoms with Gasteiger partial charge in [0.15, 0.2) is 0 Å². The second-order valence-electron chi connectivity index (χ2n) is 5.96. The van der Waals surface area contributed by atoms with Gasteiger partial charge in [0.1, 0.15) is 11.4 Å². The van der Waals surface area contributed by atoms with Gasteiger partial charge in [0.25, 0.3) is 0 Å². The number of fused-ring (bicyclic) bond motifs is 1. The van der Waals surface area contributed by atoms with Crippen LogP contribution in [0.3, 0.4) is 0 Å². The third kappa shape index (κ3) is 4.10. The number of hydrogen-bond donors (Lipinski definition) is 3. The lowest BCUT2D eigenvalue weighted by atomic mass is 10.0. The van der Waals surface area contributed by atoms with Crippen LogP contribution in [0.1, 0.15) is 11.8 Å². The number of nitrogens with one attached hydrogen (secondary N) is 2. The summed E-state index contributed by atoms with van der Waals surface area (Å²) in [6, 6.07) is 16.6. The summed E-state index contributed by atoms with van der Waals surface area (Å²) >= 11 is 1.53. The molecule has 0 fully saturated rings. The SMILES string of the molecule is COc1cccc(NC(=O)NCC(C)(O)c2cc3ccccc3s2)c1. The van der Waals surface area contributed by atoms with Crippen molar-refractivity contribution < 1.29 is 14.6 Å².